The molecule has 16 heavy (non-hydrogen) atoms. The van der Waals surface area contributed by atoms with Gasteiger partial charge in [0, 0.05) is 0 Å². The van der Waals surface area contributed by atoms with Gasteiger partial charge in [0.25, 0.3) is 0 Å². The first-order valence-electron chi connectivity index (χ1n) is 6.29. The van der Waals surface area contributed by atoms with Gasteiger partial charge in [0.2, 0.25) is 0 Å². The molecule has 0 aromatic heterocycles. The number of hydrogen-bond acceptors (Lipinski definition) is 2. The lowest BCUT2D eigenvalue weighted by Crippen LogP contribution is -2.38. The molecule has 2 heteroatoms. The van der Waals surface area contributed by atoms with Crippen LogP contribution in [0.3, 0.4) is 0 Å². The van der Waals surface area contributed by atoms with Crippen LogP contribution in [0.2, 0.25) is 0 Å². The normalized spacial score (nSPS) is 25.9. The minimum atomic E-state index is -0.384. The molecule has 1 aliphatic rings. The van der Waals surface area contributed by atoms with Crippen molar-refractivity contribution in [3.8, 4) is 0 Å². The van der Waals surface area contributed by atoms with Gasteiger partial charge in [0.15, 0.2) is 0 Å². The smallest absolute Gasteiger partial charge is 0.312 e. The Kier molecular flexibility index (Phi) is 3.82. The standard InChI is InChI=1S/C14H24O2/c1-6-13(4,5)12(15)16-14(7-2)10-8-9-11(14)3/h3,6-10H2,1-2,4-5H3. The number of esters is 1. The van der Waals surface area contributed by atoms with Crippen molar-refractivity contribution in [1.29, 1.82) is 0 Å². The van der Waals surface area contributed by atoms with Crippen LogP contribution in [0, 0.1) is 5.41 Å². The van der Waals surface area contributed by atoms with E-state index in [2.05, 4.69) is 13.5 Å². The van der Waals surface area contributed by atoms with Crippen molar-refractivity contribution in [3.05, 3.63) is 12.2 Å². The molecule has 0 bridgehead atoms. The highest BCUT2D eigenvalue weighted by Gasteiger charge is 2.42. The van der Waals surface area contributed by atoms with E-state index in [1.807, 2.05) is 20.8 Å². The zero-order valence-electron chi connectivity index (χ0n) is 11.1. The highest BCUT2D eigenvalue weighted by atomic mass is 16.6. The molecule has 92 valence electrons. The summed E-state index contributed by atoms with van der Waals surface area (Å²) in [5.74, 6) is -0.0834. The highest BCUT2D eigenvalue weighted by molar-refractivity contribution is 5.76. The van der Waals surface area contributed by atoms with E-state index >= 15 is 0 Å². The molecular formula is C14H24O2. The molecule has 0 aliphatic heterocycles. The van der Waals surface area contributed by atoms with Gasteiger partial charge >= 0.3 is 5.97 Å². The molecule has 1 aliphatic carbocycles. The van der Waals surface area contributed by atoms with Gasteiger partial charge in [-0.25, -0.2) is 0 Å². The van der Waals surface area contributed by atoms with Gasteiger partial charge in [0.1, 0.15) is 5.60 Å². The first-order valence-corrected chi connectivity index (χ1v) is 6.29. The zero-order chi connectivity index (χ0) is 12.4. The maximum atomic E-state index is 12.1. The molecule has 0 saturated heterocycles. The number of rotatable bonds is 4. The Morgan fingerprint density at radius 1 is 1.50 bits per heavy atom. The van der Waals surface area contributed by atoms with E-state index in [4.69, 9.17) is 4.74 Å². The van der Waals surface area contributed by atoms with Crippen LogP contribution < -0.4 is 0 Å². The molecule has 0 aromatic carbocycles. The summed E-state index contributed by atoms with van der Waals surface area (Å²) in [5.41, 5.74) is 0.337. The van der Waals surface area contributed by atoms with Gasteiger partial charge in [0.05, 0.1) is 5.41 Å². The average molecular weight is 224 g/mol. The second kappa shape index (κ2) is 4.60. The fourth-order valence-electron chi connectivity index (χ4n) is 2.07. The van der Waals surface area contributed by atoms with Gasteiger partial charge in [-0.2, -0.15) is 0 Å². The lowest BCUT2D eigenvalue weighted by molar-refractivity contribution is -0.167. The van der Waals surface area contributed by atoms with Crippen molar-refractivity contribution in [2.24, 2.45) is 5.41 Å². The van der Waals surface area contributed by atoms with Crippen LogP contribution in [0.1, 0.15) is 59.8 Å². The largest absolute Gasteiger partial charge is 0.454 e. The molecular weight excluding hydrogens is 200 g/mol. The van der Waals surface area contributed by atoms with Crippen molar-refractivity contribution < 1.29 is 9.53 Å². The van der Waals surface area contributed by atoms with Crippen LogP contribution in [0.15, 0.2) is 12.2 Å². The van der Waals surface area contributed by atoms with Gasteiger partial charge in [-0.05, 0) is 51.5 Å². The Morgan fingerprint density at radius 2 is 2.12 bits per heavy atom. The predicted octanol–water partition coefficient (Wildman–Crippen LogP) is 3.85. The lowest BCUT2D eigenvalue weighted by atomic mass is 9.89. The van der Waals surface area contributed by atoms with E-state index in [0.29, 0.717) is 0 Å². The van der Waals surface area contributed by atoms with Crippen LogP contribution in [0.4, 0.5) is 0 Å². The van der Waals surface area contributed by atoms with Crippen LogP contribution in [0.25, 0.3) is 0 Å². The summed E-state index contributed by atoms with van der Waals surface area (Å²) in [4.78, 5) is 12.1. The fraction of sp³-hybridized carbons (Fsp3) is 0.786. The number of carbonyl (C=O) groups is 1. The zero-order valence-corrected chi connectivity index (χ0v) is 11.1. The molecule has 1 fully saturated rings. The molecule has 0 amide bonds. The first kappa shape index (κ1) is 13.3. The van der Waals surface area contributed by atoms with E-state index in [9.17, 15) is 4.79 Å². The van der Waals surface area contributed by atoms with Gasteiger partial charge < -0.3 is 4.74 Å². The third-order valence-electron chi connectivity index (χ3n) is 4.00. The average Bonchev–Trinajstić information content (AvgIpc) is 2.60. The molecule has 1 atom stereocenters. The second-order valence-corrected chi connectivity index (χ2v) is 5.43. The van der Waals surface area contributed by atoms with E-state index in [-0.39, 0.29) is 17.0 Å². The summed E-state index contributed by atoms with van der Waals surface area (Å²) in [6, 6.07) is 0. The topological polar surface area (TPSA) is 26.3 Å². The maximum Gasteiger partial charge on any atom is 0.312 e. The maximum absolute atomic E-state index is 12.1. The predicted molar refractivity (Wildman–Crippen MR) is 66.2 cm³/mol. The van der Waals surface area contributed by atoms with E-state index < -0.39 is 0 Å². The first-order chi connectivity index (χ1) is 7.38. The van der Waals surface area contributed by atoms with Gasteiger partial charge in [-0.1, -0.05) is 20.4 Å². The summed E-state index contributed by atoms with van der Waals surface area (Å²) in [6.45, 7) is 12.0. The fourth-order valence-corrected chi connectivity index (χ4v) is 2.07. The quantitative estimate of drug-likeness (QED) is 0.535. The Morgan fingerprint density at radius 3 is 2.50 bits per heavy atom. The molecule has 0 spiro atoms. The third-order valence-corrected chi connectivity index (χ3v) is 4.00. The third kappa shape index (κ3) is 2.31. The lowest BCUT2D eigenvalue weighted by Gasteiger charge is -2.33. The molecule has 2 nitrogen and oxygen atoms in total. The Labute approximate surface area is 99.1 Å². The molecule has 0 N–H and O–H groups in total. The Bertz CT molecular complexity index is 291. The van der Waals surface area contributed by atoms with Gasteiger partial charge in [-0.3, -0.25) is 4.79 Å². The van der Waals surface area contributed by atoms with Crippen molar-refractivity contribution >= 4 is 5.97 Å². The van der Waals surface area contributed by atoms with Crippen molar-refractivity contribution in [2.45, 2.75) is 65.4 Å². The summed E-state index contributed by atoms with van der Waals surface area (Å²) in [7, 11) is 0. The molecule has 0 radical (unpaired) electrons. The minimum absolute atomic E-state index is 0.0834. The minimum Gasteiger partial charge on any atom is -0.454 e. The van der Waals surface area contributed by atoms with Crippen LogP contribution in [0.5, 0.6) is 0 Å². The monoisotopic (exact) mass is 224 g/mol. The number of ether oxygens (including phenoxy) is 1. The van der Waals surface area contributed by atoms with Crippen LogP contribution in [-0.2, 0) is 9.53 Å². The summed E-state index contributed by atoms with van der Waals surface area (Å²) in [6.07, 6.45) is 4.67. The summed E-state index contributed by atoms with van der Waals surface area (Å²) < 4.78 is 5.78. The molecule has 1 unspecified atom stereocenters. The summed E-state index contributed by atoms with van der Waals surface area (Å²) >= 11 is 0. The van der Waals surface area contributed by atoms with Crippen molar-refractivity contribution in [2.75, 3.05) is 0 Å². The highest BCUT2D eigenvalue weighted by Crippen LogP contribution is 2.41. The molecule has 0 heterocycles. The second-order valence-electron chi connectivity index (χ2n) is 5.43. The van der Waals surface area contributed by atoms with Crippen molar-refractivity contribution in [1.82, 2.24) is 0 Å². The van der Waals surface area contributed by atoms with E-state index in [1.165, 1.54) is 0 Å². The molecule has 1 saturated carbocycles. The number of hydrogen-bond donors (Lipinski definition) is 0. The Hall–Kier alpha value is -0.790. The molecule has 1 rings (SSSR count). The van der Waals surface area contributed by atoms with E-state index in [0.717, 1.165) is 37.7 Å². The van der Waals surface area contributed by atoms with Crippen LogP contribution >= 0.6 is 0 Å². The van der Waals surface area contributed by atoms with Crippen LogP contribution in [-0.4, -0.2) is 11.6 Å². The van der Waals surface area contributed by atoms with Gasteiger partial charge in [-0.15, -0.1) is 0 Å². The Balaban J connectivity index is 2.79. The SMILES string of the molecule is C=C1CCCC1(CC)OC(=O)C(C)(C)CC. The number of carbonyl (C=O) groups excluding carboxylic acids is 1. The summed E-state index contributed by atoms with van der Waals surface area (Å²) in [5, 5.41) is 0. The molecule has 0 aromatic rings. The van der Waals surface area contributed by atoms with Crippen molar-refractivity contribution in [3.63, 3.8) is 0 Å². The van der Waals surface area contributed by atoms with E-state index in [1.54, 1.807) is 0 Å².